The van der Waals surface area contributed by atoms with Crippen LogP contribution in [0.1, 0.15) is 23.1 Å². The molecule has 0 aliphatic carbocycles. The fourth-order valence-corrected chi connectivity index (χ4v) is 2.31. The monoisotopic (exact) mass is 297 g/mol. The molecule has 2 heterocycles. The largest absolute Gasteiger partial charge is 0.461 e. The third-order valence-electron chi connectivity index (χ3n) is 3.28. The minimum Gasteiger partial charge on any atom is -0.461 e. The van der Waals surface area contributed by atoms with Crippen molar-refractivity contribution in [3.05, 3.63) is 41.7 Å². The van der Waals surface area contributed by atoms with Crippen LogP contribution in [0.3, 0.4) is 0 Å². The van der Waals surface area contributed by atoms with Crippen molar-refractivity contribution in [2.24, 2.45) is 0 Å². The first-order valence-electron chi connectivity index (χ1n) is 6.87. The van der Waals surface area contributed by atoms with E-state index < -0.39 is 5.97 Å². The van der Waals surface area contributed by atoms with Crippen molar-refractivity contribution in [3.8, 4) is 11.1 Å². The lowest BCUT2D eigenvalue weighted by molar-refractivity contribution is 0.0519. The highest BCUT2D eigenvalue weighted by Crippen LogP contribution is 2.28. The van der Waals surface area contributed by atoms with E-state index in [0.717, 1.165) is 16.8 Å². The topological polar surface area (TPSA) is 95.4 Å². The van der Waals surface area contributed by atoms with Crippen molar-refractivity contribution in [1.82, 2.24) is 19.8 Å². The van der Waals surface area contributed by atoms with Gasteiger partial charge in [-0.3, -0.25) is 0 Å². The quantitative estimate of drug-likeness (QED) is 0.741. The van der Waals surface area contributed by atoms with Crippen LogP contribution in [-0.2, 0) is 4.74 Å². The molecule has 0 amide bonds. The van der Waals surface area contributed by atoms with E-state index in [1.807, 2.05) is 37.3 Å². The Labute approximate surface area is 126 Å². The van der Waals surface area contributed by atoms with Crippen molar-refractivity contribution in [3.63, 3.8) is 0 Å². The number of nitrogens with two attached hydrogens (primary N) is 1. The van der Waals surface area contributed by atoms with E-state index >= 15 is 0 Å². The summed E-state index contributed by atoms with van der Waals surface area (Å²) in [4.78, 5) is 11.8. The van der Waals surface area contributed by atoms with Crippen LogP contribution in [0, 0.1) is 6.92 Å². The predicted molar refractivity (Wildman–Crippen MR) is 81.3 cm³/mol. The second-order valence-corrected chi connectivity index (χ2v) is 4.72. The summed E-state index contributed by atoms with van der Waals surface area (Å²) in [7, 11) is 0. The third kappa shape index (κ3) is 2.16. The number of hydrogen-bond donors (Lipinski definition) is 1. The van der Waals surface area contributed by atoms with Gasteiger partial charge in [-0.05, 0) is 19.4 Å². The number of rotatable bonds is 3. The molecule has 22 heavy (non-hydrogen) atoms. The van der Waals surface area contributed by atoms with Gasteiger partial charge in [-0.15, -0.1) is 10.2 Å². The van der Waals surface area contributed by atoms with Gasteiger partial charge in [0, 0.05) is 0 Å². The molecule has 0 saturated carbocycles. The van der Waals surface area contributed by atoms with Crippen LogP contribution < -0.4 is 5.73 Å². The predicted octanol–water partition coefficient (Wildman–Crippen LogP) is 1.86. The van der Waals surface area contributed by atoms with Crippen LogP contribution in [0.15, 0.2) is 30.3 Å². The molecule has 3 rings (SSSR count). The molecule has 0 radical (unpaired) electrons. The average molecular weight is 297 g/mol. The first-order chi connectivity index (χ1) is 10.6. The Bertz CT molecular complexity index is 842. The lowest BCUT2D eigenvalue weighted by atomic mass is 10.1. The standard InChI is InChI=1S/C15H15N5O2/c1-3-22-15(21)12-13(16)20-14(18-17-12)11(9(2)19-20)10-7-5-4-6-8-10/h4-8H,3,16H2,1-2H3. The highest BCUT2D eigenvalue weighted by Gasteiger charge is 2.21. The van der Waals surface area contributed by atoms with Crippen LogP contribution in [0.4, 0.5) is 5.82 Å². The summed E-state index contributed by atoms with van der Waals surface area (Å²) in [5.41, 5.74) is 9.05. The molecular weight excluding hydrogens is 282 g/mol. The number of fused-ring (bicyclic) bond motifs is 1. The third-order valence-corrected chi connectivity index (χ3v) is 3.28. The summed E-state index contributed by atoms with van der Waals surface area (Å²) in [5, 5.41) is 12.4. The molecule has 0 unspecified atom stereocenters. The lowest BCUT2D eigenvalue weighted by Gasteiger charge is -2.05. The number of aromatic nitrogens is 4. The molecule has 0 fully saturated rings. The number of esters is 1. The molecule has 1 aromatic carbocycles. The first-order valence-corrected chi connectivity index (χ1v) is 6.87. The molecule has 7 heteroatoms. The molecule has 112 valence electrons. The molecule has 0 aliphatic rings. The van der Waals surface area contributed by atoms with Crippen LogP contribution >= 0.6 is 0 Å². The highest BCUT2D eigenvalue weighted by atomic mass is 16.5. The van der Waals surface area contributed by atoms with E-state index in [-0.39, 0.29) is 18.1 Å². The van der Waals surface area contributed by atoms with Crippen molar-refractivity contribution < 1.29 is 9.53 Å². The van der Waals surface area contributed by atoms with Crippen molar-refractivity contribution in [2.45, 2.75) is 13.8 Å². The second kappa shape index (κ2) is 5.44. The summed E-state index contributed by atoms with van der Waals surface area (Å²) >= 11 is 0. The molecule has 0 atom stereocenters. The Hall–Kier alpha value is -2.96. The van der Waals surface area contributed by atoms with Crippen molar-refractivity contribution >= 4 is 17.4 Å². The Morgan fingerprint density at radius 1 is 1.27 bits per heavy atom. The Balaban J connectivity index is 2.21. The van der Waals surface area contributed by atoms with E-state index in [1.165, 1.54) is 4.52 Å². The molecule has 0 saturated heterocycles. The van der Waals surface area contributed by atoms with Crippen LogP contribution in [0.25, 0.3) is 16.8 Å². The van der Waals surface area contributed by atoms with Crippen LogP contribution in [0.5, 0.6) is 0 Å². The molecule has 0 spiro atoms. The average Bonchev–Trinajstić information content (AvgIpc) is 2.86. The number of carbonyl (C=O) groups is 1. The zero-order valence-electron chi connectivity index (χ0n) is 12.3. The summed E-state index contributed by atoms with van der Waals surface area (Å²) in [6, 6.07) is 9.72. The van der Waals surface area contributed by atoms with E-state index in [9.17, 15) is 4.79 Å². The number of aryl methyl sites for hydroxylation is 1. The van der Waals surface area contributed by atoms with Gasteiger partial charge in [-0.2, -0.15) is 9.61 Å². The van der Waals surface area contributed by atoms with Gasteiger partial charge < -0.3 is 10.5 Å². The van der Waals surface area contributed by atoms with Crippen molar-refractivity contribution in [2.75, 3.05) is 12.3 Å². The molecule has 2 aromatic heterocycles. The molecular formula is C15H15N5O2. The van der Waals surface area contributed by atoms with E-state index in [0.29, 0.717) is 5.65 Å². The van der Waals surface area contributed by atoms with E-state index in [1.54, 1.807) is 6.92 Å². The van der Waals surface area contributed by atoms with Crippen molar-refractivity contribution in [1.29, 1.82) is 0 Å². The van der Waals surface area contributed by atoms with Crippen LogP contribution in [0.2, 0.25) is 0 Å². The fraction of sp³-hybridized carbons (Fsp3) is 0.200. The normalized spacial score (nSPS) is 10.8. The maximum atomic E-state index is 11.8. The van der Waals surface area contributed by atoms with Crippen LogP contribution in [-0.4, -0.2) is 32.4 Å². The number of nitrogen functional groups attached to an aromatic ring is 1. The molecule has 7 nitrogen and oxygen atoms in total. The Morgan fingerprint density at radius 2 is 2.00 bits per heavy atom. The first kappa shape index (κ1) is 14.0. The molecule has 0 aliphatic heterocycles. The summed E-state index contributed by atoms with van der Waals surface area (Å²) in [6.45, 7) is 3.82. The van der Waals surface area contributed by atoms with Gasteiger partial charge in [-0.25, -0.2) is 4.79 Å². The zero-order chi connectivity index (χ0) is 15.7. The van der Waals surface area contributed by atoms with E-state index in [4.69, 9.17) is 10.5 Å². The second-order valence-electron chi connectivity index (χ2n) is 4.72. The van der Waals surface area contributed by atoms with Gasteiger partial charge in [0.05, 0.1) is 17.9 Å². The molecule has 3 aromatic rings. The maximum absolute atomic E-state index is 11.8. The number of anilines is 1. The number of carbonyl (C=O) groups excluding carboxylic acids is 1. The Kier molecular flexibility index (Phi) is 3.46. The van der Waals surface area contributed by atoms with Gasteiger partial charge in [0.2, 0.25) is 5.69 Å². The summed E-state index contributed by atoms with van der Waals surface area (Å²) < 4.78 is 6.34. The number of hydrogen-bond acceptors (Lipinski definition) is 6. The number of nitrogens with zero attached hydrogens (tertiary/aromatic N) is 4. The number of ether oxygens (including phenoxy) is 1. The summed E-state index contributed by atoms with van der Waals surface area (Å²) in [5.74, 6) is -0.488. The molecule has 2 N–H and O–H groups in total. The molecule has 0 bridgehead atoms. The summed E-state index contributed by atoms with van der Waals surface area (Å²) in [6.07, 6.45) is 0. The fourth-order valence-electron chi connectivity index (χ4n) is 2.31. The minimum atomic E-state index is -0.608. The van der Waals surface area contributed by atoms with Gasteiger partial charge in [-0.1, -0.05) is 30.3 Å². The smallest absolute Gasteiger partial charge is 0.362 e. The SMILES string of the molecule is CCOC(=O)c1nnc2c(-c3ccccc3)c(C)nn2c1N. The number of benzene rings is 1. The Morgan fingerprint density at radius 3 is 2.68 bits per heavy atom. The lowest BCUT2D eigenvalue weighted by Crippen LogP contribution is -2.15. The van der Waals surface area contributed by atoms with Gasteiger partial charge in [0.15, 0.2) is 11.5 Å². The van der Waals surface area contributed by atoms with Gasteiger partial charge in [0.25, 0.3) is 0 Å². The van der Waals surface area contributed by atoms with Gasteiger partial charge >= 0.3 is 5.97 Å². The maximum Gasteiger partial charge on any atom is 0.362 e. The van der Waals surface area contributed by atoms with E-state index in [2.05, 4.69) is 15.3 Å². The zero-order valence-corrected chi connectivity index (χ0v) is 12.3. The highest BCUT2D eigenvalue weighted by molar-refractivity contribution is 5.93. The minimum absolute atomic E-state index is 0.0311. The van der Waals surface area contributed by atoms with Gasteiger partial charge in [0.1, 0.15) is 0 Å².